The highest BCUT2D eigenvalue weighted by atomic mass is 14.7. The lowest BCUT2D eigenvalue weighted by atomic mass is 9.96. The maximum atomic E-state index is 5.92. The summed E-state index contributed by atoms with van der Waals surface area (Å²) in [6.45, 7) is 0. The Bertz CT molecular complexity index is 932. The van der Waals surface area contributed by atoms with Crippen molar-refractivity contribution < 1.29 is 0 Å². The Balaban J connectivity index is 2.22. The van der Waals surface area contributed by atoms with Gasteiger partial charge in [-0.15, -0.1) is 0 Å². The van der Waals surface area contributed by atoms with Gasteiger partial charge in [-0.05, 0) is 29.8 Å². The first-order chi connectivity index (χ1) is 10.7. The first kappa shape index (κ1) is 12.7. The lowest BCUT2D eigenvalue weighted by Crippen LogP contribution is -1.93. The third-order valence-corrected chi connectivity index (χ3v) is 3.89. The molecular formula is C19H15N3. The molecule has 0 aliphatic rings. The summed E-state index contributed by atoms with van der Waals surface area (Å²) in [5.74, 6) is 0. The van der Waals surface area contributed by atoms with Gasteiger partial charge in [0.1, 0.15) is 0 Å². The smallest absolute Gasteiger partial charge is 0.0736 e. The standard InChI is InChI=1S/C19H15N3/c20-13-6-8-15-17(10-13)22-18-11-14(21)7-9-16(18)19(15)12-4-2-1-3-5-12/h1-11H,20-21H2. The Morgan fingerprint density at radius 2 is 1.18 bits per heavy atom. The molecule has 0 atom stereocenters. The van der Waals surface area contributed by atoms with Crippen LogP contribution in [0.4, 0.5) is 11.4 Å². The zero-order valence-electron chi connectivity index (χ0n) is 12.0. The lowest BCUT2D eigenvalue weighted by molar-refractivity contribution is 1.49. The molecule has 3 aromatic carbocycles. The first-order valence-electron chi connectivity index (χ1n) is 7.16. The average Bonchev–Trinajstić information content (AvgIpc) is 2.53. The largest absolute Gasteiger partial charge is 0.399 e. The van der Waals surface area contributed by atoms with E-state index in [2.05, 4.69) is 12.1 Å². The molecule has 22 heavy (non-hydrogen) atoms. The fourth-order valence-electron chi connectivity index (χ4n) is 2.90. The Kier molecular flexibility index (Phi) is 2.73. The fourth-order valence-corrected chi connectivity index (χ4v) is 2.90. The monoisotopic (exact) mass is 285 g/mol. The van der Waals surface area contributed by atoms with Gasteiger partial charge in [-0.3, -0.25) is 0 Å². The van der Waals surface area contributed by atoms with Gasteiger partial charge in [0.15, 0.2) is 0 Å². The average molecular weight is 285 g/mol. The number of hydrogen-bond acceptors (Lipinski definition) is 3. The van der Waals surface area contributed by atoms with Crippen molar-refractivity contribution in [3.63, 3.8) is 0 Å². The third-order valence-electron chi connectivity index (χ3n) is 3.89. The predicted molar refractivity (Wildman–Crippen MR) is 93.5 cm³/mol. The van der Waals surface area contributed by atoms with Crippen molar-refractivity contribution in [2.75, 3.05) is 11.5 Å². The molecule has 106 valence electrons. The third kappa shape index (κ3) is 1.95. The number of aromatic nitrogens is 1. The number of anilines is 2. The van der Waals surface area contributed by atoms with E-state index < -0.39 is 0 Å². The van der Waals surface area contributed by atoms with Crippen LogP contribution in [-0.4, -0.2) is 4.98 Å². The van der Waals surface area contributed by atoms with Crippen molar-refractivity contribution in [1.29, 1.82) is 0 Å². The van der Waals surface area contributed by atoms with E-state index in [1.807, 2.05) is 54.6 Å². The molecule has 0 unspecified atom stereocenters. The molecule has 0 spiro atoms. The molecule has 0 amide bonds. The highest BCUT2D eigenvalue weighted by Gasteiger charge is 2.11. The molecule has 0 bridgehead atoms. The minimum atomic E-state index is 0.710. The van der Waals surface area contributed by atoms with Crippen LogP contribution in [0.5, 0.6) is 0 Å². The molecule has 3 nitrogen and oxygen atoms in total. The summed E-state index contributed by atoms with van der Waals surface area (Å²) in [6.07, 6.45) is 0. The van der Waals surface area contributed by atoms with Crippen LogP contribution < -0.4 is 11.5 Å². The molecule has 4 aromatic rings. The maximum Gasteiger partial charge on any atom is 0.0736 e. The molecule has 4 rings (SSSR count). The SMILES string of the molecule is Nc1ccc2c(-c3ccccc3)c3ccc(N)cc3nc2c1. The van der Waals surface area contributed by atoms with E-state index in [0.717, 1.165) is 27.4 Å². The van der Waals surface area contributed by atoms with Gasteiger partial charge in [0.05, 0.1) is 11.0 Å². The van der Waals surface area contributed by atoms with E-state index in [-0.39, 0.29) is 0 Å². The van der Waals surface area contributed by atoms with Gasteiger partial charge in [0, 0.05) is 27.7 Å². The summed E-state index contributed by atoms with van der Waals surface area (Å²) in [4.78, 5) is 4.73. The lowest BCUT2D eigenvalue weighted by Gasteiger charge is -2.12. The molecule has 0 saturated heterocycles. The van der Waals surface area contributed by atoms with E-state index in [0.29, 0.717) is 11.4 Å². The Hall–Kier alpha value is -3.07. The Morgan fingerprint density at radius 3 is 1.73 bits per heavy atom. The molecule has 0 saturated carbocycles. The Labute approximate surface area is 128 Å². The molecular weight excluding hydrogens is 270 g/mol. The minimum absolute atomic E-state index is 0.710. The van der Waals surface area contributed by atoms with Crippen LogP contribution in [0.1, 0.15) is 0 Å². The summed E-state index contributed by atoms with van der Waals surface area (Å²) in [6, 6.07) is 22.1. The second-order valence-corrected chi connectivity index (χ2v) is 5.41. The second kappa shape index (κ2) is 4.74. The van der Waals surface area contributed by atoms with Crippen molar-refractivity contribution in [3.05, 3.63) is 66.7 Å². The van der Waals surface area contributed by atoms with Crippen LogP contribution in [0.2, 0.25) is 0 Å². The van der Waals surface area contributed by atoms with Crippen LogP contribution in [-0.2, 0) is 0 Å². The second-order valence-electron chi connectivity index (χ2n) is 5.41. The summed E-state index contributed by atoms with van der Waals surface area (Å²) in [5.41, 5.74) is 17.4. The molecule has 1 aromatic heterocycles. The number of nitrogens with two attached hydrogens (primary N) is 2. The molecule has 0 aliphatic heterocycles. The molecule has 4 N–H and O–H groups in total. The van der Waals surface area contributed by atoms with Crippen molar-refractivity contribution in [1.82, 2.24) is 4.98 Å². The van der Waals surface area contributed by atoms with E-state index in [1.54, 1.807) is 0 Å². The molecule has 0 aliphatic carbocycles. The zero-order chi connectivity index (χ0) is 15.1. The topological polar surface area (TPSA) is 64.9 Å². The zero-order valence-corrected chi connectivity index (χ0v) is 12.0. The normalized spacial score (nSPS) is 11.1. The van der Waals surface area contributed by atoms with Gasteiger partial charge >= 0.3 is 0 Å². The van der Waals surface area contributed by atoms with Crippen molar-refractivity contribution in [2.24, 2.45) is 0 Å². The summed E-state index contributed by atoms with van der Waals surface area (Å²) in [7, 11) is 0. The van der Waals surface area contributed by atoms with Crippen LogP contribution in [0, 0.1) is 0 Å². The van der Waals surface area contributed by atoms with Gasteiger partial charge in [-0.2, -0.15) is 0 Å². The number of rotatable bonds is 1. The number of benzene rings is 3. The molecule has 1 heterocycles. The highest BCUT2D eigenvalue weighted by molar-refractivity contribution is 6.10. The molecule has 3 heteroatoms. The van der Waals surface area contributed by atoms with E-state index in [1.165, 1.54) is 5.56 Å². The van der Waals surface area contributed by atoms with E-state index in [4.69, 9.17) is 16.5 Å². The highest BCUT2D eigenvalue weighted by Crippen LogP contribution is 2.35. The number of nitrogen functional groups attached to an aromatic ring is 2. The fraction of sp³-hybridized carbons (Fsp3) is 0. The summed E-state index contributed by atoms with van der Waals surface area (Å²) < 4.78 is 0. The van der Waals surface area contributed by atoms with Gasteiger partial charge < -0.3 is 11.5 Å². The van der Waals surface area contributed by atoms with E-state index in [9.17, 15) is 0 Å². The first-order valence-corrected chi connectivity index (χ1v) is 7.16. The van der Waals surface area contributed by atoms with Gasteiger partial charge in [0.25, 0.3) is 0 Å². The van der Waals surface area contributed by atoms with Crippen LogP contribution in [0.25, 0.3) is 32.9 Å². The van der Waals surface area contributed by atoms with Crippen LogP contribution in [0.3, 0.4) is 0 Å². The predicted octanol–water partition coefficient (Wildman–Crippen LogP) is 4.22. The van der Waals surface area contributed by atoms with E-state index >= 15 is 0 Å². The number of nitrogens with zero attached hydrogens (tertiary/aromatic N) is 1. The number of hydrogen-bond donors (Lipinski definition) is 2. The quantitative estimate of drug-likeness (QED) is 0.406. The minimum Gasteiger partial charge on any atom is -0.399 e. The molecule has 0 fully saturated rings. The Morgan fingerprint density at radius 1 is 0.636 bits per heavy atom. The van der Waals surface area contributed by atoms with Crippen molar-refractivity contribution in [2.45, 2.75) is 0 Å². The summed E-state index contributed by atoms with van der Waals surface area (Å²) >= 11 is 0. The number of fused-ring (bicyclic) bond motifs is 2. The number of pyridine rings is 1. The van der Waals surface area contributed by atoms with Crippen LogP contribution >= 0.6 is 0 Å². The van der Waals surface area contributed by atoms with Gasteiger partial charge in [0.2, 0.25) is 0 Å². The molecule has 0 radical (unpaired) electrons. The summed E-state index contributed by atoms with van der Waals surface area (Å²) in [5, 5.41) is 2.19. The maximum absolute atomic E-state index is 5.92. The van der Waals surface area contributed by atoms with Gasteiger partial charge in [-0.1, -0.05) is 42.5 Å². The van der Waals surface area contributed by atoms with Crippen molar-refractivity contribution >= 4 is 33.2 Å². The van der Waals surface area contributed by atoms with Gasteiger partial charge in [-0.25, -0.2) is 4.98 Å². The van der Waals surface area contributed by atoms with Crippen LogP contribution in [0.15, 0.2) is 66.7 Å². The van der Waals surface area contributed by atoms with Crippen molar-refractivity contribution in [3.8, 4) is 11.1 Å².